The third-order valence-corrected chi connectivity index (χ3v) is 3.28. The van der Waals surface area contributed by atoms with Gasteiger partial charge in [-0.25, -0.2) is 0 Å². The van der Waals surface area contributed by atoms with Gasteiger partial charge in [0.05, 0.1) is 5.56 Å². The molecule has 1 aromatic rings. The third kappa shape index (κ3) is 2.98. The molecule has 0 spiro atoms. The maximum atomic E-state index is 12.4. The van der Waals surface area contributed by atoms with E-state index in [9.17, 15) is 13.2 Å². The molecular weight excluding hydrogens is 283 g/mol. The predicted molar refractivity (Wildman–Crippen MR) is 59.0 cm³/mol. The minimum Gasteiger partial charge on any atom is -0.310 e. The van der Waals surface area contributed by atoms with Crippen LogP contribution in [0.25, 0.3) is 0 Å². The van der Waals surface area contributed by atoms with Crippen molar-refractivity contribution < 1.29 is 13.2 Å². The van der Waals surface area contributed by atoms with E-state index in [1.165, 1.54) is 6.07 Å². The van der Waals surface area contributed by atoms with Crippen LogP contribution in [-0.2, 0) is 12.7 Å². The van der Waals surface area contributed by atoms with Gasteiger partial charge in [-0.3, -0.25) is 0 Å². The molecule has 2 rings (SSSR count). The lowest BCUT2D eigenvalue weighted by Crippen LogP contribution is -2.16. The van der Waals surface area contributed by atoms with Crippen molar-refractivity contribution in [2.24, 2.45) is 0 Å². The van der Waals surface area contributed by atoms with Crippen LogP contribution in [0.2, 0.25) is 0 Å². The topological polar surface area (TPSA) is 12.0 Å². The molecule has 1 aromatic carbocycles. The zero-order valence-corrected chi connectivity index (χ0v) is 10.0. The average molecular weight is 294 g/mol. The van der Waals surface area contributed by atoms with E-state index < -0.39 is 11.7 Å². The van der Waals surface area contributed by atoms with Crippen molar-refractivity contribution in [3.8, 4) is 0 Å². The van der Waals surface area contributed by atoms with Gasteiger partial charge in [-0.05, 0) is 30.5 Å². The molecule has 0 aromatic heterocycles. The van der Waals surface area contributed by atoms with E-state index in [4.69, 9.17) is 0 Å². The van der Waals surface area contributed by atoms with Gasteiger partial charge < -0.3 is 5.32 Å². The number of nitrogens with one attached hydrogen (secondary N) is 1. The van der Waals surface area contributed by atoms with Crippen LogP contribution in [0.15, 0.2) is 22.7 Å². The van der Waals surface area contributed by atoms with Gasteiger partial charge in [0.2, 0.25) is 0 Å². The van der Waals surface area contributed by atoms with Crippen LogP contribution < -0.4 is 5.32 Å². The Morgan fingerprint density at radius 3 is 2.50 bits per heavy atom. The first kappa shape index (κ1) is 11.9. The van der Waals surface area contributed by atoms with Gasteiger partial charge in [0.15, 0.2) is 0 Å². The van der Waals surface area contributed by atoms with E-state index in [0.29, 0.717) is 17.1 Å². The summed E-state index contributed by atoms with van der Waals surface area (Å²) in [7, 11) is 0. The Balaban J connectivity index is 2.09. The standard InChI is InChI=1S/C11H11BrF3N/c12-10-5-8(11(13,14)15)2-1-7(10)6-16-9-3-4-9/h1-2,5,9,16H,3-4,6H2. The summed E-state index contributed by atoms with van der Waals surface area (Å²) in [5, 5.41) is 3.26. The molecule has 0 unspecified atom stereocenters. The quantitative estimate of drug-likeness (QED) is 0.896. The van der Waals surface area contributed by atoms with Gasteiger partial charge in [0.25, 0.3) is 0 Å². The molecule has 5 heteroatoms. The Morgan fingerprint density at radius 1 is 1.31 bits per heavy atom. The van der Waals surface area contributed by atoms with Gasteiger partial charge >= 0.3 is 6.18 Å². The zero-order valence-electron chi connectivity index (χ0n) is 8.44. The number of hydrogen-bond donors (Lipinski definition) is 1. The fourth-order valence-electron chi connectivity index (χ4n) is 1.41. The van der Waals surface area contributed by atoms with Crippen LogP contribution in [0.1, 0.15) is 24.0 Å². The summed E-state index contributed by atoms with van der Waals surface area (Å²) in [6.45, 7) is 0.614. The Labute approximate surface area is 100 Å². The maximum Gasteiger partial charge on any atom is 0.416 e. The Hall–Kier alpha value is -0.550. The minimum absolute atomic E-state index is 0.510. The zero-order chi connectivity index (χ0) is 11.8. The highest BCUT2D eigenvalue weighted by molar-refractivity contribution is 9.10. The third-order valence-electron chi connectivity index (χ3n) is 2.54. The van der Waals surface area contributed by atoms with Crippen molar-refractivity contribution in [2.45, 2.75) is 31.6 Å². The summed E-state index contributed by atoms with van der Waals surface area (Å²) >= 11 is 3.17. The minimum atomic E-state index is -4.27. The summed E-state index contributed by atoms with van der Waals surface area (Å²) in [4.78, 5) is 0. The van der Waals surface area contributed by atoms with Crippen LogP contribution in [0.3, 0.4) is 0 Å². The van der Waals surface area contributed by atoms with Crippen molar-refractivity contribution in [3.05, 3.63) is 33.8 Å². The number of rotatable bonds is 3. The second kappa shape index (κ2) is 4.37. The van der Waals surface area contributed by atoms with Crippen LogP contribution in [0, 0.1) is 0 Å². The number of alkyl halides is 3. The number of halogens is 4. The number of hydrogen-bond acceptors (Lipinski definition) is 1. The van der Waals surface area contributed by atoms with Gasteiger partial charge in [-0.15, -0.1) is 0 Å². The average Bonchev–Trinajstić information content (AvgIpc) is 2.98. The first-order valence-corrected chi connectivity index (χ1v) is 5.85. The molecule has 1 aliphatic carbocycles. The van der Waals surface area contributed by atoms with E-state index in [0.717, 1.165) is 30.5 Å². The van der Waals surface area contributed by atoms with Gasteiger partial charge in [-0.2, -0.15) is 13.2 Å². The van der Waals surface area contributed by atoms with Crippen LogP contribution >= 0.6 is 15.9 Å². The lowest BCUT2D eigenvalue weighted by Gasteiger charge is -2.10. The van der Waals surface area contributed by atoms with Gasteiger partial charge in [-0.1, -0.05) is 22.0 Å². The van der Waals surface area contributed by atoms with E-state index in [1.54, 1.807) is 0 Å². The van der Waals surface area contributed by atoms with Crippen molar-refractivity contribution in [1.29, 1.82) is 0 Å². The van der Waals surface area contributed by atoms with Gasteiger partial charge in [0, 0.05) is 17.1 Å². The van der Waals surface area contributed by atoms with Crippen molar-refractivity contribution in [1.82, 2.24) is 5.32 Å². The highest BCUT2D eigenvalue weighted by Crippen LogP contribution is 2.32. The Morgan fingerprint density at radius 2 is 2.00 bits per heavy atom. The molecule has 0 heterocycles. The van der Waals surface area contributed by atoms with E-state index in [1.807, 2.05) is 0 Å². The largest absolute Gasteiger partial charge is 0.416 e. The monoisotopic (exact) mass is 293 g/mol. The Kier molecular flexibility index (Phi) is 3.26. The molecule has 1 fully saturated rings. The molecular formula is C11H11BrF3N. The fraction of sp³-hybridized carbons (Fsp3) is 0.455. The van der Waals surface area contributed by atoms with E-state index in [2.05, 4.69) is 21.2 Å². The normalized spacial score (nSPS) is 16.5. The van der Waals surface area contributed by atoms with Crippen molar-refractivity contribution >= 4 is 15.9 Å². The molecule has 0 atom stereocenters. The fourth-order valence-corrected chi connectivity index (χ4v) is 1.93. The molecule has 88 valence electrons. The molecule has 0 aliphatic heterocycles. The molecule has 1 saturated carbocycles. The first-order valence-electron chi connectivity index (χ1n) is 5.06. The lowest BCUT2D eigenvalue weighted by molar-refractivity contribution is -0.137. The molecule has 1 nitrogen and oxygen atoms in total. The molecule has 1 N–H and O–H groups in total. The smallest absolute Gasteiger partial charge is 0.310 e. The highest BCUT2D eigenvalue weighted by Gasteiger charge is 2.30. The van der Waals surface area contributed by atoms with E-state index >= 15 is 0 Å². The molecule has 0 radical (unpaired) electrons. The van der Waals surface area contributed by atoms with E-state index in [-0.39, 0.29) is 0 Å². The van der Waals surface area contributed by atoms with Crippen LogP contribution in [0.4, 0.5) is 13.2 Å². The molecule has 0 amide bonds. The summed E-state index contributed by atoms with van der Waals surface area (Å²) in [6.07, 6.45) is -1.94. The SMILES string of the molecule is FC(F)(F)c1ccc(CNC2CC2)c(Br)c1. The van der Waals surface area contributed by atoms with Crippen LogP contribution in [-0.4, -0.2) is 6.04 Å². The summed E-state index contributed by atoms with van der Waals surface area (Å²) in [5.41, 5.74) is 0.245. The summed E-state index contributed by atoms with van der Waals surface area (Å²) in [6, 6.07) is 4.31. The second-order valence-electron chi connectivity index (χ2n) is 3.96. The first-order chi connectivity index (χ1) is 7.47. The van der Waals surface area contributed by atoms with Gasteiger partial charge in [0.1, 0.15) is 0 Å². The Bertz CT molecular complexity index is 385. The number of benzene rings is 1. The van der Waals surface area contributed by atoms with Crippen molar-refractivity contribution in [3.63, 3.8) is 0 Å². The molecule has 16 heavy (non-hydrogen) atoms. The summed E-state index contributed by atoms with van der Waals surface area (Å²) in [5.74, 6) is 0. The van der Waals surface area contributed by atoms with Crippen LogP contribution in [0.5, 0.6) is 0 Å². The lowest BCUT2D eigenvalue weighted by atomic mass is 10.1. The predicted octanol–water partition coefficient (Wildman–Crippen LogP) is 3.72. The molecule has 0 saturated heterocycles. The van der Waals surface area contributed by atoms with Crippen molar-refractivity contribution in [2.75, 3.05) is 0 Å². The molecule has 0 bridgehead atoms. The second-order valence-corrected chi connectivity index (χ2v) is 4.81. The maximum absolute atomic E-state index is 12.4. The summed E-state index contributed by atoms with van der Waals surface area (Å²) < 4.78 is 37.7. The highest BCUT2D eigenvalue weighted by atomic mass is 79.9. The molecule has 1 aliphatic rings.